The number of halogens is 1. The smallest absolute Gasteiger partial charge is 0.359 e. The molecule has 0 aromatic heterocycles. The summed E-state index contributed by atoms with van der Waals surface area (Å²) in [6.45, 7) is 0. The van der Waals surface area contributed by atoms with Crippen LogP contribution in [0.25, 0.3) is 0 Å². The van der Waals surface area contributed by atoms with E-state index in [1.807, 2.05) is 22.6 Å². The van der Waals surface area contributed by atoms with E-state index in [9.17, 15) is 14.4 Å². The fourth-order valence-electron chi connectivity index (χ4n) is 2.01. The minimum Gasteiger partial charge on any atom is -0.469 e. The van der Waals surface area contributed by atoms with Gasteiger partial charge in [0.2, 0.25) is 5.78 Å². The molecule has 6 nitrogen and oxygen atoms in total. The van der Waals surface area contributed by atoms with Gasteiger partial charge in [-0.2, -0.15) is 0 Å². The molecule has 20 heavy (non-hydrogen) atoms. The van der Waals surface area contributed by atoms with Crippen LogP contribution >= 0.6 is 22.6 Å². The first-order valence-corrected chi connectivity index (χ1v) is 6.71. The maximum atomic E-state index is 12.6. The molecule has 2 rings (SSSR count). The molecular weight excluding hydrogens is 379 g/mol. The van der Waals surface area contributed by atoms with Crippen LogP contribution in [-0.2, 0) is 19.1 Å². The van der Waals surface area contributed by atoms with Crippen LogP contribution < -0.4 is 4.74 Å². The summed E-state index contributed by atoms with van der Waals surface area (Å²) in [5.41, 5.74) is -1.71. The van der Waals surface area contributed by atoms with Crippen LogP contribution in [0, 0.1) is 3.57 Å². The minimum atomic E-state index is -1.99. The third-order valence-corrected chi connectivity index (χ3v) is 3.89. The van der Waals surface area contributed by atoms with Gasteiger partial charge >= 0.3 is 11.9 Å². The summed E-state index contributed by atoms with van der Waals surface area (Å²) in [5, 5.41) is 0. The van der Waals surface area contributed by atoms with Gasteiger partial charge in [-0.3, -0.25) is 9.59 Å². The highest BCUT2D eigenvalue weighted by atomic mass is 127. The van der Waals surface area contributed by atoms with Gasteiger partial charge in [0.15, 0.2) is 0 Å². The van der Waals surface area contributed by atoms with Crippen molar-refractivity contribution in [3.63, 3.8) is 0 Å². The van der Waals surface area contributed by atoms with Crippen LogP contribution in [0.3, 0.4) is 0 Å². The molecule has 0 saturated heterocycles. The number of ether oxygens (including phenoxy) is 3. The van der Waals surface area contributed by atoms with E-state index in [0.717, 1.165) is 7.11 Å². The molecule has 0 saturated carbocycles. The molecule has 106 valence electrons. The Balaban J connectivity index is 2.52. The van der Waals surface area contributed by atoms with Gasteiger partial charge in [-0.25, -0.2) is 4.79 Å². The normalized spacial score (nSPS) is 20.1. The maximum absolute atomic E-state index is 12.6. The fourth-order valence-corrected chi connectivity index (χ4v) is 2.73. The highest BCUT2D eigenvalue weighted by Crippen LogP contribution is 2.40. The largest absolute Gasteiger partial charge is 0.469 e. The van der Waals surface area contributed by atoms with Crippen LogP contribution in [0.5, 0.6) is 5.75 Å². The summed E-state index contributed by atoms with van der Waals surface area (Å²) in [6, 6.07) is 4.98. The van der Waals surface area contributed by atoms with Crippen LogP contribution in [0.2, 0.25) is 0 Å². The second-order valence-corrected chi connectivity index (χ2v) is 5.28. The van der Waals surface area contributed by atoms with Crippen molar-refractivity contribution in [3.05, 3.63) is 27.3 Å². The second kappa shape index (κ2) is 5.39. The third-order valence-electron chi connectivity index (χ3n) is 2.99. The van der Waals surface area contributed by atoms with Gasteiger partial charge < -0.3 is 14.2 Å². The van der Waals surface area contributed by atoms with Crippen molar-refractivity contribution in [2.45, 2.75) is 12.0 Å². The first kappa shape index (κ1) is 14.8. The molecule has 0 amide bonds. The second-order valence-electron chi connectivity index (χ2n) is 4.12. The monoisotopic (exact) mass is 390 g/mol. The molecule has 0 bridgehead atoms. The summed E-state index contributed by atoms with van der Waals surface area (Å²) < 4.78 is 15.3. The van der Waals surface area contributed by atoms with Gasteiger partial charge in [-0.15, -0.1) is 0 Å². The molecular formula is C13H11IO6. The van der Waals surface area contributed by atoms with Crippen molar-refractivity contribution >= 4 is 40.3 Å². The van der Waals surface area contributed by atoms with Crippen LogP contribution in [0.1, 0.15) is 16.8 Å². The van der Waals surface area contributed by atoms with Crippen molar-refractivity contribution in [1.29, 1.82) is 0 Å². The molecule has 0 unspecified atom stereocenters. The summed E-state index contributed by atoms with van der Waals surface area (Å²) in [5.74, 6) is -1.97. The average molecular weight is 390 g/mol. The number of rotatable bonds is 3. The molecule has 7 heteroatoms. The zero-order chi connectivity index (χ0) is 14.9. The van der Waals surface area contributed by atoms with Crippen LogP contribution in [-0.4, -0.2) is 37.5 Å². The number of hydrogen-bond donors (Lipinski definition) is 0. The molecule has 1 heterocycles. The quantitative estimate of drug-likeness (QED) is 0.441. The van der Waals surface area contributed by atoms with E-state index in [1.165, 1.54) is 7.11 Å². The minimum absolute atomic E-state index is 0.260. The number of hydrogen-bond acceptors (Lipinski definition) is 6. The van der Waals surface area contributed by atoms with Gasteiger partial charge in [0, 0.05) is 3.57 Å². The molecule has 1 aromatic rings. The Morgan fingerprint density at radius 3 is 2.55 bits per heavy atom. The first-order chi connectivity index (χ1) is 9.46. The molecule has 0 fully saturated rings. The van der Waals surface area contributed by atoms with E-state index in [-0.39, 0.29) is 11.3 Å². The Morgan fingerprint density at radius 1 is 1.30 bits per heavy atom. The molecule has 0 spiro atoms. The highest BCUT2D eigenvalue weighted by molar-refractivity contribution is 14.1. The number of esters is 2. The predicted octanol–water partition coefficient (Wildman–Crippen LogP) is 1.34. The van der Waals surface area contributed by atoms with Crippen molar-refractivity contribution in [3.8, 4) is 5.75 Å². The number of Topliss-reactive ketones (excluding diaryl/α,β-unsaturated/α-hetero) is 1. The van der Waals surface area contributed by atoms with Gasteiger partial charge in [-0.05, 0) is 34.7 Å². The maximum Gasteiger partial charge on any atom is 0.359 e. The van der Waals surface area contributed by atoms with Crippen LogP contribution in [0.4, 0.5) is 0 Å². The van der Waals surface area contributed by atoms with Crippen molar-refractivity contribution < 1.29 is 28.6 Å². The lowest BCUT2D eigenvalue weighted by atomic mass is 9.92. The lowest BCUT2D eigenvalue weighted by Gasteiger charge is -2.22. The SMILES string of the molecule is COC(=O)C[C@@]1(C(=O)OC)Oc2cccc(I)c2C1=O. The Labute approximate surface area is 128 Å². The van der Waals surface area contributed by atoms with Crippen LogP contribution in [0.15, 0.2) is 18.2 Å². The molecule has 1 aromatic carbocycles. The number of benzene rings is 1. The molecule has 1 aliphatic rings. The number of fused-ring (bicyclic) bond motifs is 1. The average Bonchev–Trinajstić information content (AvgIpc) is 2.73. The predicted molar refractivity (Wildman–Crippen MR) is 75.5 cm³/mol. The zero-order valence-corrected chi connectivity index (χ0v) is 12.9. The summed E-state index contributed by atoms with van der Waals surface area (Å²) >= 11 is 1.97. The molecule has 0 N–H and O–H groups in total. The standard InChI is InChI=1S/C13H11IO6/c1-18-9(15)6-13(12(17)19-2)11(16)10-7(14)4-3-5-8(10)20-13/h3-5H,6H2,1-2H3/t13-/m1/s1. The van der Waals surface area contributed by atoms with Crippen molar-refractivity contribution in [2.24, 2.45) is 0 Å². The van der Waals surface area contributed by atoms with Gasteiger partial charge in [-0.1, -0.05) is 6.07 Å². The summed E-state index contributed by atoms with van der Waals surface area (Å²) in [6.07, 6.45) is -0.528. The molecule has 0 radical (unpaired) electrons. The Bertz CT molecular complexity index is 597. The van der Waals surface area contributed by atoms with Gasteiger partial charge in [0.05, 0.1) is 19.8 Å². The van der Waals surface area contributed by atoms with E-state index in [2.05, 4.69) is 9.47 Å². The Morgan fingerprint density at radius 2 is 2.00 bits per heavy atom. The zero-order valence-electron chi connectivity index (χ0n) is 10.8. The lowest BCUT2D eigenvalue weighted by molar-refractivity contribution is -0.160. The number of ketones is 1. The molecule has 0 aliphatic carbocycles. The van der Waals surface area contributed by atoms with E-state index in [1.54, 1.807) is 18.2 Å². The Kier molecular flexibility index (Phi) is 3.98. The fraction of sp³-hybridized carbons (Fsp3) is 0.308. The van der Waals surface area contributed by atoms with Gasteiger partial charge in [0.1, 0.15) is 12.2 Å². The van der Waals surface area contributed by atoms with Crippen molar-refractivity contribution in [1.82, 2.24) is 0 Å². The van der Waals surface area contributed by atoms with Gasteiger partial charge in [0.25, 0.3) is 5.60 Å². The molecule has 1 atom stereocenters. The third kappa shape index (κ3) is 2.15. The molecule has 1 aliphatic heterocycles. The summed E-state index contributed by atoms with van der Waals surface area (Å²) in [4.78, 5) is 36.1. The topological polar surface area (TPSA) is 78.9 Å². The van der Waals surface area contributed by atoms with E-state index >= 15 is 0 Å². The summed E-state index contributed by atoms with van der Waals surface area (Å²) in [7, 11) is 2.30. The number of carbonyl (C=O) groups is 3. The highest BCUT2D eigenvalue weighted by Gasteiger charge is 2.57. The van der Waals surface area contributed by atoms with E-state index in [4.69, 9.17) is 4.74 Å². The Hall–Kier alpha value is -1.64. The van der Waals surface area contributed by atoms with Crippen molar-refractivity contribution in [2.75, 3.05) is 14.2 Å². The first-order valence-electron chi connectivity index (χ1n) is 5.64. The van der Waals surface area contributed by atoms with E-state index < -0.39 is 29.7 Å². The number of methoxy groups -OCH3 is 2. The number of carbonyl (C=O) groups excluding carboxylic acids is 3. The lowest BCUT2D eigenvalue weighted by Crippen LogP contribution is -2.50. The van der Waals surface area contributed by atoms with E-state index in [0.29, 0.717) is 3.57 Å².